The Bertz CT molecular complexity index is 576. The van der Waals surface area contributed by atoms with E-state index in [9.17, 15) is 0 Å². The fourth-order valence-corrected chi connectivity index (χ4v) is 2.33. The number of aromatic nitrogens is 1. The third kappa shape index (κ3) is 2.37. The van der Waals surface area contributed by atoms with E-state index in [4.69, 9.17) is 5.26 Å². The number of hydrogen-bond donors (Lipinski definition) is 0. The van der Waals surface area contributed by atoms with Crippen molar-refractivity contribution in [3.63, 3.8) is 0 Å². The summed E-state index contributed by atoms with van der Waals surface area (Å²) in [6, 6.07) is 8.53. The van der Waals surface area contributed by atoms with Gasteiger partial charge in [-0.1, -0.05) is 26.0 Å². The molecule has 0 atom stereocenters. The van der Waals surface area contributed by atoms with E-state index in [0.717, 1.165) is 11.3 Å². The summed E-state index contributed by atoms with van der Waals surface area (Å²) in [6.45, 7) is 6.43. The molecule has 0 amide bonds. The average Bonchev–Trinajstić information content (AvgIpc) is 2.77. The number of nitrogens with zero attached hydrogens (tertiary/aromatic N) is 2. The Morgan fingerprint density at radius 2 is 2.12 bits per heavy atom. The smallest absolute Gasteiger partial charge is 0.194 e. The molecule has 0 aliphatic carbocycles. The first-order valence-corrected chi connectivity index (χ1v) is 6.46. The molecule has 0 unspecified atom stereocenters. The summed E-state index contributed by atoms with van der Waals surface area (Å²) in [5.41, 5.74) is 4.54. The second-order valence-corrected chi connectivity index (χ2v) is 5.24. The molecule has 0 spiro atoms. The third-order valence-corrected chi connectivity index (χ3v) is 3.55. The van der Waals surface area contributed by atoms with Gasteiger partial charge in [-0.25, -0.2) is 4.98 Å². The number of benzene rings is 1. The maximum Gasteiger partial charge on any atom is 0.194 e. The summed E-state index contributed by atoms with van der Waals surface area (Å²) in [5.74, 6) is 0.503. The van der Waals surface area contributed by atoms with Crippen LogP contribution in [0.1, 0.15) is 35.9 Å². The van der Waals surface area contributed by atoms with Crippen LogP contribution in [0.15, 0.2) is 23.6 Å². The van der Waals surface area contributed by atoms with Crippen molar-refractivity contribution in [2.75, 3.05) is 0 Å². The number of hydrogen-bond acceptors (Lipinski definition) is 3. The molecular weight excluding hydrogens is 228 g/mol. The molecule has 0 bridgehead atoms. The summed E-state index contributed by atoms with van der Waals surface area (Å²) in [4.78, 5) is 4.32. The summed E-state index contributed by atoms with van der Waals surface area (Å²) < 4.78 is 0. The minimum atomic E-state index is 0.503. The summed E-state index contributed by atoms with van der Waals surface area (Å²) in [7, 11) is 0. The minimum Gasteiger partial charge on any atom is -0.226 e. The quantitative estimate of drug-likeness (QED) is 0.794. The van der Waals surface area contributed by atoms with Crippen LogP contribution in [0.5, 0.6) is 0 Å². The van der Waals surface area contributed by atoms with E-state index in [1.807, 2.05) is 5.38 Å². The summed E-state index contributed by atoms with van der Waals surface area (Å²) in [6.07, 6.45) is 0. The van der Waals surface area contributed by atoms with Crippen molar-refractivity contribution >= 4 is 11.3 Å². The van der Waals surface area contributed by atoms with Crippen molar-refractivity contribution in [2.45, 2.75) is 26.7 Å². The number of aryl methyl sites for hydroxylation is 1. The lowest BCUT2D eigenvalue weighted by Gasteiger charge is -2.09. The Morgan fingerprint density at radius 3 is 2.71 bits per heavy atom. The lowest BCUT2D eigenvalue weighted by atomic mass is 9.97. The minimum absolute atomic E-state index is 0.503. The van der Waals surface area contributed by atoms with Gasteiger partial charge in [-0.2, -0.15) is 5.26 Å². The number of nitriles is 1. The lowest BCUT2D eigenvalue weighted by Crippen LogP contribution is -1.91. The highest BCUT2D eigenvalue weighted by Gasteiger charge is 2.09. The molecule has 0 aliphatic heterocycles. The number of thiazole rings is 1. The first-order chi connectivity index (χ1) is 8.11. The monoisotopic (exact) mass is 242 g/mol. The van der Waals surface area contributed by atoms with Crippen LogP contribution in [0.4, 0.5) is 0 Å². The van der Waals surface area contributed by atoms with Gasteiger partial charge in [-0.15, -0.1) is 11.3 Å². The molecule has 0 N–H and O–H groups in total. The van der Waals surface area contributed by atoms with Crippen LogP contribution in [-0.2, 0) is 0 Å². The first kappa shape index (κ1) is 11.8. The van der Waals surface area contributed by atoms with Gasteiger partial charge in [0.2, 0.25) is 0 Å². The molecule has 0 radical (unpaired) electrons. The van der Waals surface area contributed by atoms with Gasteiger partial charge in [0.05, 0.1) is 5.69 Å². The summed E-state index contributed by atoms with van der Waals surface area (Å²) in [5, 5.41) is 11.3. The fraction of sp³-hybridized carbons (Fsp3) is 0.286. The Labute approximate surface area is 106 Å². The number of rotatable bonds is 2. The molecule has 0 saturated heterocycles. The van der Waals surface area contributed by atoms with E-state index in [0.29, 0.717) is 10.9 Å². The standard InChI is InChI=1S/C14H14N2S/c1-9(2)11-5-4-10(3)12(6-11)13-8-17-14(7-15)16-13/h4-6,8-9H,1-3H3. The predicted molar refractivity (Wildman–Crippen MR) is 71.1 cm³/mol. The molecular formula is C14H14N2S. The third-order valence-electron chi connectivity index (χ3n) is 2.80. The molecule has 17 heavy (non-hydrogen) atoms. The molecule has 2 nitrogen and oxygen atoms in total. The first-order valence-electron chi connectivity index (χ1n) is 5.58. The normalized spacial score (nSPS) is 10.5. The molecule has 2 rings (SSSR count). The van der Waals surface area contributed by atoms with E-state index in [2.05, 4.69) is 50.0 Å². The highest BCUT2D eigenvalue weighted by molar-refractivity contribution is 7.10. The van der Waals surface area contributed by atoms with Gasteiger partial charge in [-0.05, 0) is 30.0 Å². The Hall–Kier alpha value is -1.66. The molecule has 0 fully saturated rings. The molecule has 1 aromatic carbocycles. The molecule has 0 aliphatic rings. The van der Waals surface area contributed by atoms with Crippen molar-refractivity contribution in [3.05, 3.63) is 39.7 Å². The van der Waals surface area contributed by atoms with Gasteiger partial charge >= 0.3 is 0 Å². The van der Waals surface area contributed by atoms with E-state index in [1.165, 1.54) is 22.5 Å². The van der Waals surface area contributed by atoms with Crippen LogP contribution < -0.4 is 0 Å². The van der Waals surface area contributed by atoms with Crippen LogP contribution in [0.3, 0.4) is 0 Å². The highest BCUT2D eigenvalue weighted by Crippen LogP contribution is 2.28. The van der Waals surface area contributed by atoms with Gasteiger partial charge in [-0.3, -0.25) is 0 Å². The van der Waals surface area contributed by atoms with Crippen molar-refractivity contribution in [2.24, 2.45) is 0 Å². The Morgan fingerprint density at radius 1 is 1.35 bits per heavy atom. The van der Waals surface area contributed by atoms with Crippen LogP contribution in [-0.4, -0.2) is 4.98 Å². The van der Waals surface area contributed by atoms with E-state index in [1.54, 1.807) is 0 Å². The molecule has 1 heterocycles. The Balaban J connectivity index is 2.51. The van der Waals surface area contributed by atoms with Crippen molar-refractivity contribution < 1.29 is 0 Å². The fourth-order valence-electron chi connectivity index (χ4n) is 1.72. The largest absolute Gasteiger partial charge is 0.226 e. The SMILES string of the molecule is Cc1ccc(C(C)C)cc1-c1csc(C#N)n1. The van der Waals surface area contributed by atoms with Gasteiger partial charge < -0.3 is 0 Å². The van der Waals surface area contributed by atoms with Crippen molar-refractivity contribution in [3.8, 4) is 17.3 Å². The average molecular weight is 242 g/mol. The maximum absolute atomic E-state index is 8.81. The molecule has 86 valence electrons. The highest BCUT2D eigenvalue weighted by atomic mass is 32.1. The van der Waals surface area contributed by atoms with Crippen LogP contribution >= 0.6 is 11.3 Å². The Kier molecular flexibility index (Phi) is 3.26. The van der Waals surface area contributed by atoms with Crippen molar-refractivity contribution in [1.29, 1.82) is 5.26 Å². The van der Waals surface area contributed by atoms with Crippen molar-refractivity contribution in [1.82, 2.24) is 4.98 Å². The zero-order chi connectivity index (χ0) is 12.4. The maximum atomic E-state index is 8.81. The van der Waals surface area contributed by atoms with Gasteiger partial charge in [0, 0.05) is 10.9 Å². The molecule has 2 aromatic rings. The van der Waals surface area contributed by atoms with Crippen LogP contribution in [0, 0.1) is 18.3 Å². The van der Waals surface area contributed by atoms with E-state index in [-0.39, 0.29) is 0 Å². The zero-order valence-electron chi connectivity index (χ0n) is 10.2. The van der Waals surface area contributed by atoms with E-state index < -0.39 is 0 Å². The second-order valence-electron chi connectivity index (χ2n) is 4.38. The van der Waals surface area contributed by atoms with Crippen LogP contribution in [0.25, 0.3) is 11.3 Å². The second kappa shape index (κ2) is 4.68. The van der Waals surface area contributed by atoms with Gasteiger partial charge in [0.25, 0.3) is 0 Å². The van der Waals surface area contributed by atoms with Gasteiger partial charge in [0.15, 0.2) is 5.01 Å². The molecule has 3 heteroatoms. The molecule has 0 saturated carbocycles. The molecule has 1 aromatic heterocycles. The van der Waals surface area contributed by atoms with E-state index >= 15 is 0 Å². The summed E-state index contributed by atoms with van der Waals surface area (Å²) >= 11 is 1.40. The zero-order valence-corrected chi connectivity index (χ0v) is 11.0. The van der Waals surface area contributed by atoms with Crippen LogP contribution in [0.2, 0.25) is 0 Å². The van der Waals surface area contributed by atoms with Gasteiger partial charge in [0.1, 0.15) is 6.07 Å². The predicted octanol–water partition coefficient (Wildman–Crippen LogP) is 4.11. The topological polar surface area (TPSA) is 36.7 Å². The lowest BCUT2D eigenvalue weighted by molar-refractivity contribution is 0.866.